The molecule has 0 unspecified atom stereocenters. The highest BCUT2D eigenvalue weighted by atomic mass is 19.4. The Balaban J connectivity index is 3.21. The Kier molecular flexibility index (Phi) is 2.82. The molecule has 1 aliphatic heterocycles. The van der Waals surface area contributed by atoms with Crippen LogP contribution in [0.15, 0.2) is 11.8 Å². The molecule has 0 bridgehead atoms. The fourth-order valence-corrected chi connectivity index (χ4v) is 0.873. The molecule has 0 fully saturated rings. The van der Waals surface area contributed by atoms with E-state index in [4.69, 9.17) is 0 Å². The minimum absolute atomic E-state index is 1.81. The average molecular weight is 258 g/mol. The largest absolute Gasteiger partial charge is 0.465 e. The monoisotopic (exact) mass is 258 g/mol. The molecule has 16 heavy (non-hydrogen) atoms. The van der Waals surface area contributed by atoms with Crippen LogP contribution in [0.2, 0.25) is 0 Å². The number of ether oxygens (including phenoxy) is 2. The molecule has 0 amide bonds. The molecule has 2 nitrogen and oxygen atoms in total. The summed E-state index contributed by atoms with van der Waals surface area (Å²) in [6.07, 6.45) is -12.2. The second-order valence-electron chi connectivity index (χ2n) is 2.68. The molecule has 94 valence electrons. The van der Waals surface area contributed by atoms with Crippen LogP contribution in [-0.4, -0.2) is 24.7 Å². The van der Waals surface area contributed by atoms with Crippen molar-refractivity contribution in [2.75, 3.05) is 6.61 Å². The standard InChI is InChI=1S/C6H2F8O2/c7-2-1-15-4(5(9,10)11,6(12,13)14)16-3(2)8/h1H2. The van der Waals surface area contributed by atoms with Crippen molar-refractivity contribution in [1.29, 1.82) is 0 Å². The van der Waals surface area contributed by atoms with Gasteiger partial charge in [0.25, 0.3) is 0 Å². The Morgan fingerprint density at radius 2 is 1.38 bits per heavy atom. The summed E-state index contributed by atoms with van der Waals surface area (Å²) < 4.78 is 103. The van der Waals surface area contributed by atoms with Crippen LogP contribution in [0.4, 0.5) is 35.1 Å². The summed E-state index contributed by atoms with van der Waals surface area (Å²) in [6, 6.07) is -2.60. The van der Waals surface area contributed by atoms with Gasteiger partial charge in [0.1, 0.15) is 6.61 Å². The van der Waals surface area contributed by atoms with Gasteiger partial charge in [-0.15, -0.1) is 0 Å². The lowest BCUT2D eigenvalue weighted by atomic mass is 10.2. The summed E-state index contributed by atoms with van der Waals surface area (Å²) in [5.41, 5.74) is 0. The third-order valence-electron chi connectivity index (χ3n) is 1.60. The van der Waals surface area contributed by atoms with Crippen LogP contribution in [0.25, 0.3) is 0 Å². The third-order valence-corrected chi connectivity index (χ3v) is 1.60. The maximum atomic E-state index is 12.3. The molecule has 0 aromatic heterocycles. The molecule has 0 aliphatic carbocycles. The zero-order chi connectivity index (χ0) is 12.8. The number of rotatable bonds is 0. The van der Waals surface area contributed by atoms with E-state index >= 15 is 0 Å². The summed E-state index contributed by atoms with van der Waals surface area (Å²) in [7, 11) is 0. The molecule has 1 aliphatic rings. The molecule has 1 heterocycles. The van der Waals surface area contributed by atoms with Crippen molar-refractivity contribution in [2.45, 2.75) is 18.1 Å². The minimum Gasteiger partial charge on any atom is -0.419 e. The first kappa shape index (κ1) is 13.0. The first-order valence-electron chi connectivity index (χ1n) is 3.52. The Hall–Kier alpha value is -1.06. The van der Waals surface area contributed by atoms with E-state index in [1.54, 1.807) is 0 Å². The smallest absolute Gasteiger partial charge is 0.419 e. The minimum atomic E-state index is -6.09. The fourth-order valence-electron chi connectivity index (χ4n) is 0.873. The number of halogens is 8. The lowest BCUT2D eigenvalue weighted by Gasteiger charge is -2.37. The van der Waals surface area contributed by atoms with Gasteiger partial charge in [0, 0.05) is 0 Å². The van der Waals surface area contributed by atoms with Crippen molar-refractivity contribution in [1.82, 2.24) is 0 Å². The Morgan fingerprint density at radius 1 is 0.938 bits per heavy atom. The van der Waals surface area contributed by atoms with Gasteiger partial charge < -0.3 is 9.47 Å². The van der Waals surface area contributed by atoms with Crippen molar-refractivity contribution < 1.29 is 44.6 Å². The van der Waals surface area contributed by atoms with Crippen LogP contribution < -0.4 is 0 Å². The molecule has 0 N–H and O–H groups in total. The van der Waals surface area contributed by atoms with Crippen LogP contribution >= 0.6 is 0 Å². The van der Waals surface area contributed by atoms with Crippen molar-refractivity contribution >= 4 is 0 Å². The Morgan fingerprint density at radius 3 is 1.69 bits per heavy atom. The highest BCUT2D eigenvalue weighted by molar-refractivity contribution is 5.03. The topological polar surface area (TPSA) is 18.5 Å². The maximum Gasteiger partial charge on any atom is 0.465 e. The average Bonchev–Trinajstić information content (AvgIpc) is 2.05. The molecule has 0 saturated carbocycles. The maximum absolute atomic E-state index is 12.3. The summed E-state index contributed by atoms with van der Waals surface area (Å²) in [5.74, 6) is -7.15. The lowest BCUT2D eigenvalue weighted by Crippen LogP contribution is -2.61. The van der Waals surface area contributed by atoms with E-state index < -0.39 is 36.6 Å². The normalized spacial score (nSPS) is 22.0. The molecule has 0 aromatic rings. The van der Waals surface area contributed by atoms with E-state index in [1.165, 1.54) is 0 Å². The summed E-state index contributed by atoms with van der Waals surface area (Å²) in [6.45, 7) is -1.81. The fraction of sp³-hybridized carbons (Fsp3) is 0.667. The molecule has 0 saturated heterocycles. The van der Waals surface area contributed by atoms with E-state index in [0.29, 0.717) is 0 Å². The van der Waals surface area contributed by atoms with Crippen molar-refractivity contribution in [3.63, 3.8) is 0 Å². The van der Waals surface area contributed by atoms with Crippen LogP contribution in [0.3, 0.4) is 0 Å². The zero-order valence-corrected chi connectivity index (χ0v) is 7.05. The number of hydrogen-bond acceptors (Lipinski definition) is 2. The van der Waals surface area contributed by atoms with E-state index in [-0.39, 0.29) is 0 Å². The number of hydrogen-bond donors (Lipinski definition) is 0. The van der Waals surface area contributed by atoms with E-state index in [1.807, 2.05) is 0 Å². The van der Waals surface area contributed by atoms with Gasteiger partial charge in [-0.2, -0.15) is 30.7 Å². The second kappa shape index (κ2) is 3.47. The molecule has 0 atom stereocenters. The predicted molar refractivity (Wildman–Crippen MR) is 31.1 cm³/mol. The second-order valence-corrected chi connectivity index (χ2v) is 2.68. The van der Waals surface area contributed by atoms with E-state index in [9.17, 15) is 35.1 Å². The predicted octanol–water partition coefficient (Wildman–Crippen LogP) is 2.96. The molecule has 0 spiro atoms. The van der Waals surface area contributed by atoms with Crippen LogP contribution in [-0.2, 0) is 9.47 Å². The van der Waals surface area contributed by atoms with E-state index in [2.05, 4.69) is 9.47 Å². The lowest BCUT2D eigenvalue weighted by molar-refractivity contribution is -0.468. The van der Waals surface area contributed by atoms with Crippen molar-refractivity contribution in [3.8, 4) is 0 Å². The van der Waals surface area contributed by atoms with E-state index in [0.717, 1.165) is 0 Å². The van der Waals surface area contributed by atoms with Crippen LogP contribution in [0.1, 0.15) is 0 Å². The molecule has 1 rings (SSSR count). The first-order chi connectivity index (χ1) is 7.01. The molecule has 0 radical (unpaired) electrons. The highest BCUT2D eigenvalue weighted by Crippen LogP contribution is 2.50. The SMILES string of the molecule is FC1=C(F)OC(C(F)(F)F)(C(F)(F)F)OC1. The summed E-state index contributed by atoms with van der Waals surface area (Å²) >= 11 is 0. The molecular formula is C6H2F8O2. The molecule has 10 heteroatoms. The van der Waals surface area contributed by atoms with Crippen LogP contribution in [0.5, 0.6) is 0 Å². The molecule has 0 aromatic carbocycles. The third kappa shape index (κ3) is 1.81. The Labute approximate surface area is 82.4 Å². The van der Waals surface area contributed by atoms with Gasteiger partial charge in [-0.05, 0) is 0 Å². The molecular weight excluding hydrogens is 256 g/mol. The Bertz CT molecular complexity index is 299. The van der Waals surface area contributed by atoms with Crippen molar-refractivity contribution in [2.24, 2.45) is 0 Å². The van der Waals surface area contributed by atoms with Gasteiger partial charge in [0.2, 0.25) is 0 Å². The quantitative estimate of drug-likeness (QED) is 0.622. The number of alkyl halides is 6. The van der Waals surface area contributed by atoms with Crippen molar-refractivity contribution in [3.05, 3.63) is 11.8 Å². The summed E-state index contributed by atoms with van der Waals surface area (Å²) in [5, 5.41) is 0. The van der Waals surface area contributed by atoms with Gasteiger partial charge in [-0.25, -0.2) is 4.39 Å². The summed E-state index contributed by atoms with van der Waals surface area (Å²) in [4.78, 5) is 0. The van der Waals surface area contributed by atoms with Gasteiger partial charge >= 0.3 is 24.2 Å². The van der Waals surface area contributed by atoms with Gasteiger partial charge in [-0.3, -0.25) is 0 Å². The van der Waals surface area contributed by atoms with Crippen LogP contribution in [0, 0.1) is 0 Å². The van der Waals surface area contributed by atoms with Gasteiger partial charge in [0.05, 0.1) is 0 Å². The zero-order valence-electron chi connectivity index (χ0n) is 7.05. The first-order valence-corrected chi connectivity index (χ1v) is 3.52. The van der Waals surface area contributed by atoms with Gasteiger partial charge in [-0.1, -0.05) is 0 Å². The highest BCUT2D eigenvalue weighted by Gasteiger charge is 2.77. The van der Waals surface area contributed by atoms with Gasteiger partial charge in [0.15, 0.2) is 5.83 Å².